The summed E-state index contributed by atoms with van der Waals surface area (Å²) in [6.45, 7) is 3.66. The summed E-state index contributed by atoms with van der Waals surface area (Å²) in [5.74, 6) is 1.31. The van der Waals surface area contributed by atoms with Crippen molar-refractivity contribution in [2.75, 3.05) is 0 Å². The Balaban J connectivity index is 2.35. The van der Waals surface area contributed by atoms with Crippen LogP contribution in [0.3, 0.4) is 0 Å². The lowest BCUT2D eigenvalue weighted by molar-refractivity contribution is 0.275. The van der Waals surface area contributed by atoms with E-state index >= 15 is 0 Å². The Hall–Kier alpha value is -1.94. The van der Waals surface area contributed by atoms with Crippen molar-refractivity contribution in [1.29, 1.82) is 0 Å². The summed E-state index contributed by atoms with van der Waals surface area (Å²) in [7, 11) is 0. The molecule has 0 spiro atoms. The topological polar surface area (TPSA) is 55.2 Å². The predicted molar refractivity (Wildman–Crippen MR) is 63.9 cm³/mol. The van der Waals surface area contributed by atoms with Crippen LogP contribution in [0.15, 0.2) is 30.6 Å². The van der Waals surface area contributed by atoms with Crippen molar-refractivity contribution in [3.05, 3.63) is 47.5 Å². The number of aliphatic hydroxyl groups excluding tert-OH is 1. The third-order valence-corrected chi connectivity index (χ3v) is 2.43. The first kappa shape index (κ1) is 11.5. The molecular weight excluding hydrogens is 216 g/mol. The van der Waals surface area contributed by atoms with Crippen LogP contribution in [-0.4, -0.2) is 15.1 Å². The number of aryl methyl sites for hydroxylation is 2. The van der Waals surface area contributed by atoms with E-state index in [4.69, 9.17) is 4.74 Å². The molecule has 1 N–H and O–H groups in total. The van der Waals surface area contributed by atoms with Gasteiger partial charge in [0.1, 0.15) is 11.5 Å². The van der Waals surface area contributed by atoms with Crippen LogP contribution < -0.4 is 4.74 Å². The molecule has 0 amide bonds. The van der Waals surface area contributed by atoms with E-state index in [1.807, 2.05) is 26.0 Å². The minimum absolute atomic E-state index is 0.0953. The second kappa shape index (κ2) is 4.93. The summed E-state index contributed by atoms with van der Waals surface area (Å²) in [5.41, 5.74) is 2.32. The summed E-state index contributed by atoms with van der Waals surface area (Å²) in [4.78, 5) is 8.27. The SMILES string of the molecule is Cc1cc(Oc2cccnc2C)c(CO)cn1. The average Bonchev–Trinajstić information content (AvgIpc) is 2.32. The Morgan fingerprint density at radius 3 is 2.76 bits per heavy atom. The number of aliphatic hydroxyl groups is 1. The molecule has 0 radical (unpaired) electrons. The Labute approximate surface area is 99.9 Å². The molecule has 2 aromatic heterocycles. The first-order chi connectivity index (χ1) is 8.20. The maximum Gasteiger partial charge on any atom is 0.148 e. The van der Waals surface area contributed by atoms with E-state index in [0.29, 0.717) is 17.1 Å². The number of hydrogen-bond donors (Lipinski definition) is 1. The van der Waals surface area contributed by atoms with Crippen LogP contribution in [0.25, 0.3) is 0 Å². The van der Waals surface area contributed by atoms with Crippen molar-refractivity contribution < 1.29 is 9.84 Å². The Morgan fingerprint density at radius 1 is 1.24 bits per heavy atom. The lowest BCUT2D eigenvalue weighted by atomic mass is 10.2. The Morgan fingerprint density at radius 2 is 2.06 bits per heavy atom. The van der Waals surface area contributed by atoms with Crippen molar-refractivity contribution in [3.63, 3.8) is 0 Å². The normalized spacial score (nSPS) is 10.3. The van der Waals surface area contributed by atoms with E-state index in [9.17, 15) is 5.11 Å². The lowest BCUT2D eigenvalue weighted by Gasteiger charge is -2.11. The molecule has 17 heavy (non-hydrogen) atoms. The number of hydrogen-bond acceptors (Lipinski definition) is 4. The van der Waals surface area contributed by atoms with Gasteiger partial charge < -0.3 is 9.84 Å². The maximum absolute atomic E-state index is 9.22. The quantitative estimate of drug-likeness (QED) is 0.879. The number of rotatable bonds is 3. The van der Waals surface area contributed by atoms with Gasteiger partial charge in [-0.05, 0) is 26.0 Å². The zero-order valence-corrected chi connectivity index (χ0v) is 9.84. The van der Waals surface area contributed by atoms with E-state index in [0.717, 1.165) is 11.4 Å². The number of pyridine rings is 2. The molecule has 4 nitrogen and oxygen atoms in total. The third-order valence-electron chi connectivity index (χ3n) is 2.43. The molecule has 0 aliphatic rings. The second-order valence-electron chi connectivity index (χ2n) is 3.78. The summed E-state index contributed by atoms with van der Waals surface area (Å²) in [6, 6.07) is 5.46. The number of aromatic nitrogens is 2. The van der Waals surface area contributed by atoms with Gasteiger partial charge in [-0.15, -0.1) is 0 Å². The number of nitrogens with zero attached hydrogens (tertiary/aromatic N) is 2. The van der Waals surface area contributed by atoms with Gasteiger partial charge in [-0.3, -0.25) is 9.97 Å². The standard InChI is InChI=1S/C13H14N2O2/c1-9-6-13(11(8-16)7-15-9)17-12-4-3-5-14-10(12)2/h3-7,16H,8H2,1-2H3. The molecule has 2 rings (SSSR count). The van der Waals surface area contributed by atoms with Gasteiger partial charge in [-0.2, -0.15) is 0 Å². The largest absolute Gasteiger partial charge is 0.455 e. The maximum atomic E-state index is 9.22. The molecule has 0 aliphatic heterocycles. The minimum atomic E-state index is -0.0953. The van der Waals surface area contributed by atoms with Crippen LogP contribution in [0.5, 0.6) is 11.5 Å². The molecule has 0 aliphatic carbocycles. The highest BCUT2D eigenvalue weighted by Crippen LogP contribution is 2.26. The third kappa shape index (κ3) is 2.60. The fourth-order valence-corrected chi connectivity index (χ4v) is 1.47. The van der Waals surface area contributed by atoms with Gasteiger partial charge in [-0.25, -0.2) is 0 Å². The van der Waals surface area contributed by atoms with Crippen LogP contribution in [0.4, 0.5) is 0 Å². The zero-order chi connectivity index (χ0) is 12.3. The molecule has 0 bridgehead atoms. The van der Waals surface area contributed by atoms with Crippen molar-refractivity contribution in [1.82, 2.24) is 9.97 Å². The molecule has 0 saturated heterocycles. The average molecular weight is 230 g/mol. The van der Waals surface area contributed by atoms with Gasteiger partial charge in [0.25, 0.3) is 0 Å². The number of ether oxygens (including phenoxy) is 1. The molecule has 88 valence electrons. The fourth-order valence-electron chi connectivity index (χ4n) is 1.47. The van der Waals surface area contributed by atoms with Crippen molar-refractivity contribution >= 4 is 0 Å². The minimum Gasteiger partial charge on any atom is -0.455 e. The highest BCUT2D eigenvalue weighted by Gasteiger charge is 2.07. The molecule has 2 aromatic rings. The molecular formula is C13H14N2O2. The van der Waals surface area contributed by atoms with Crippen LogP contribution in [-0.2, 0) is 6.61 Å². The summed E-state index contributed by atoms with van der Waals surface area (Å²) in [6.07, 6.45) is 3.34. The molecule has 2 heterocycles. The summed E-state index contributed by atoms with van der Waals surface area (Å²) < 4.78 is 5.75. The van der Waals surface area contributed by atoms with E-state index in [2.05, 4.69) is 9.97 Å². The molecule has 4 heteroatoms. The Kier molecular flexibility index (Phi) is 3.35. The van der Waals surface area contributed by atoms with Gasteiger partial charge in [0, 0.05) is 29.7 Å². The summed E-state index contributed by atoms with van der Waals surface area (Å²) >= 11 is 0. The second-order valence-corrected chi connectivity index (χ2v) is 3.78. The van der Waals surface area contributed by atoms with Crippen molar-refractivity contribution in [3.8, 4) is 11.5 Å². The van der Waals surface area contributed by atoms with Crippen LogP contribution >= 0.6 is 0 Å². The van der Waals surface area contributed by atoms with E-state index < -0.39 is 0 Å². The van der Waals surface area contributed by atoms with Crippen LogP contribution in [0.2, 0.25) is 0 Å². The molecule has 0 fully saturated rings. The monoisotopic (exact) mass is 230 g/mol. The van der Waals surface area contributed by atoms with E-state index in [-0.39, 0.29) is 6.61 Å². The first-order valence-corrected chi connectivity index (χ1v) is 5.36. The van der Waals surface area contributed by atoms with Crippen LogP contribution in [0.1, 0.15) is 17.0 Å². The van der Waals surface area contributed by atoms with Crippen molar-refractivity contribution in [2.24, 2.45) is 0 Å². The zero-order valence-electron chi connectivity index (χ0n) is 9.84. The van der Waals surface area contributed by atoms with E-state index in [1.54, 1.807) is 18.5 Å². The fraction of sp³-hybridized carbons (Fsp3) is 0.231. The van der Waals surface area contributed by atoms with Gasteiger partial charge in [0.2, 0.25) is 0 Å². The van der Waals surface area contributed by atoms with Crippen LogP contribution in [0, 0.1) is 13.8 Å². The van der Waals surface area contributed by atoms with E-state index in [1.165, 1.54) is 0 Å². The molecule has 0 saturated carbocycles. The highest BCUT2D eigenvalue weighted by atomic mass is 16.5. The first-order valence-electron chi connectivity index (χ1n) is 5.36. The Bertz CT molecular complexity index is 527. The predicted octanol–water partition coefficient (Wildman–Crippen LogP) is 2.38. The highest BCUT2D eigenvalue weighted by molar-refractivity contribution is 5.38. The molecule has 0 aromatic carbocycles. The van der Waals surface area contributed by atoms with Gasteiger partial charge in [0.05, 0.1) is 12.3 Å². The van der Waals surface area contributed by atoms with Crippen molar-refractivity contribution in [2.45, 2.75) is 20.5 Å². The van der Waals surface area contributed by atoms with Gasteiger partial charge >= 0.3 is 0 Å². The van der Waals surface area contributed by atoms with Gasteiger partial charge in [-0.1, -0.05) is 0 Å². The smallest absolute Gasteiger partial charge is 0.148 e. The summed E-state index contributed by atoms with van der Waals surface area (Å²) in [5, 5.41) is 9.22. The molecule has 0 atom stereocenters. The molecule has 0 unspecified atom stereocenters. The lowest BCUT2D eigenvalue weighted by Crippen LogP contribution is -1.96. The van der Waals surface area contributed by atoms with Gasteiger partial charge in [0.15, 0.2) is 0 Å².